The Morgan fingerprint density at radius 2 is 2.24 bits per heavy atom. The van der Waals surface area contributed by atoms with Crippen LogP contribution in [0.25, 0.3) is 0 Å². The number of amides is 1. The number of hydrogen-bond acceptors (Lipinski definition) is 5. The molecule has 0 saturated heterocycles. The number of nitrogens with zero attached hydrogens (tertiary/aromatic N) is 1. The summed E-state index contributed by atoms with van der Waals surface area (Å²) in [7, 11) is 1.59. The van der Waals surface area contributed by atoms with Crippen molar-refractivity contribution in [3.05, 3.63) is 33.9 Å². The molecule has 2 N–H and O–H groups in total. The van der Waals surface area contributed by atoms with Crippen molar-refractivity contribution in [2.45, 2.75) is 25.3 Å². The number of nitro benzene ring substituents is 1. The second kappa shape index (κ2) is 7.03. The second-order valence-electron chi connectivity index (χ2n) is 5.01. The Morgan fingerprint density at radius 3 is 2.86 bits per heavy atom. The normalized spacial score (nSPS) is 13.8. The molecule has 1 amide bonds. The number of anilines is 1. The Balaban J connectivity index is 2.03. The van der Waals surface area contributed by atoms with Gasteiger partial charge in [0.1, 0.15) is 5.69 Å². The van der Waals surface area contributed by atoms with E-state index in [1.165, 1.54) is 6.07 Å². The summed E-state index contributed by atoms with van der Waals surface area (Å²) in [6, 6.07) is 4.83. The van der Waals surface area contributed by atoms with Gasteiger partial charge in [-0.25, -0.2) is 0 Å². The summed E-state index contributed by atoms with van der Waals surface area (Å²) in [5.41, 5.74) is 0.699. The third kappa shape index (κ3) is 4.42. The van der Waals surface area contributed by atoms with Gasteiger partial charge >= 0.3 is 0 Å². The van der Waals surface area contributed by atoms with Gasteiger partial charge in [-0.3, -0.25) is 14.9 Å². The van der Waals surface area contributed by atoms with Crippen molar-refractivity contribution in [1.82, 2.24) is 5.32 Å². The zero-order chi connectivity index (χ0) is 15.2. The summed E-state index contributed by atoms with van der Waals surface area (Å²) < 4.78 is 4.89. The van der Waals surface area contributed by atoms with Gasteiger partial charge in [0.15, 0.2) is 0 Å². The highest BCUT2D eigenvalue weighted by Gasteiger charge is 2.25. The first kappa shape index (κ1) is 15.2. The molecule has 1 aromatic rings. The van der Waals surface area contributed by atoms with Crippen LogP contribution < -0.4 is 10.6 Å². The first-order valence-corrected chi connectivity index (χ1v) is 6.94. The highest BCUT2D eigenvalue weighted by atomic mass is 16.6. The van der Waals surface area contributed by atoms with Gasteiger partial charge < -0.3 is 15.4 Å². The van der Waals surface area contributed by atoms with Crippen LogP contribution in [0.5, 0.6) is 0 Å². The van der Waals surface area contributed by atoms with Crippen molar-refractivity contribution in [2.75, 3.05) is 25.6 Å². The van der Waals surface area contributed by atoms with Crippen LogP contribution in [0, 0.1) is 10.1 Å². The molecule has 1 saturated carbocycles. The minimum Gasteiger partial charge on any atom is -0.385 e. The van der Waals surface area contributed by atoms with Crippen LogP contribution in [0.15, 0.2) is 18.2 Å². The van der Waals surface area contributed by atoms with Gasteiger partial charge in [-0.15, -0.1) is 0 Å². The van der Waals surface area contributed by atoms with Gasteiger partial charge in [0.2, 0.25) is 0 Å². The maximum Gasteiger partial charge on any atom is 0.293 e. The molecule has 21 heavy (non-hydrogen) atoms. The van der Waals surface area contributed by atoms with Crippen molar-refractivity contribution in [2.24, 2.45) is 0 Å². The van der Waals surface area contributed by atoms with Crippen molar-refractivity contribution in [1.29, 1.82) is 0 Å². The number of hydrogen-bond donors (Lipinski definition) is 2. The molecule has 0 heterocycles. The molecule has 7 heteroatoms. The molecule has 0 bridgehead atoms. The number of methoxy groups -OCH3 is 1. The van der Waals surface area contributed by atoms with Crippen LogP contribution >= 0.6 is 0 Å². The highest BCUT2D eigenvalue weighted by molar-refractivity contribution is 5.95. The average Bonchev–Trinajstić information content (AvgIpc) is 3.27. The molecule has 0 spiro atoms. The quantitative estimate of drug-likeness (QED) is 0.434. The second-order valence-corrected chi connectivity index (χ2v) is 5.01. The van der Waals surface area contributed by atoms with E-state index >= 15 is 0 Å². The minimum atomic E-state index is -0.466. The zero-order valence-corrected chi connectivity index (χ0v) is 11.9. The van der Waals surface area contributed by atoms with E-state index in [0.717, 1.165) is 12.8 Å². The smallest absolute Gasteiger partial charge is 0.293 e. The van der Waals surface area contributed by atoms with Crippen LogP contribution in [0.1, 0.15) is 29.6 Å². The number of nitro groups is 1. The van der Waals surface area contributed by atoms with E-state index in [-0.39, 0.29) is 11.6 Å². The van der Waals surface area contributed by atoms with Gasteiger partial charge in [-0.05, 0) is 31.4 Å². The van der Waals surface area contributed by atoms with E-state index in [1.807, 2.05) is 0 Å². The highest BCUT2D eigenvalue weighted by Crippen LogP contribution is 2.31. The minimum absolute atomic E-state index is 0.0635. The third-order valence-electron chi connectivity index (χ3n) is 3.20. The third-order valence-corrected chi connectivity index (χ3v) is 3.20. The molecule has 114 valence electrons. The average molecular weight is 293 g/mol. The number of carbonyl (C=O) groups is 1. The molecule has 1 fully saturated rings. The Morgan fingerprint density at radius 1 is 1.48 bits per heavy atom. The number of nitrogens with one attached hydrogen (secondary N) is 2. The van der Waals surface area contributed by atoms with Gasteiger partial charge in [0.25, 0.3) is 11.6 Å². The lowest BCUT2D eigenvalue weighted by Crippen LogP contribution is -2.25. The van der Waals surface area contributed by atoms with Gasteiger partial charge in [-0.2, -0.15) is 0 Å². The molecule has 2 rings (SSSR count). The molecule has 0 aliphatic heterocycles. The van der Waals surface area contributed by atoms with Crippen LogP contribution in [0.2, 0.25) is 0 Å². The molecular weight excluding hydrogens is 274 g/mol. The lowest BCUT2D eigenvalue weighted by Gasteiger charge is -2.08. The number of rotatable bonds is 8. The zero-order valence-electron chi connectivity index (χ0n) is 11.9. The largest absolute Gasteiger partial charge is 0.385 e. The van der Waals surface area contributed by atoms with E-state index in [2.05, 4.69) is 10.6 Å². The number of carbonyl (C=O) groups excluding carboxylic acids is 1. The number of ether oxygens (including phenoxy) is 1. The lowest BCUT2D eigenvalue weighted by atomic mass is 10.1. The fraction of sp³-hybridized carbons (Fsp3) is 0.500. The van der Waals surface area contributed by atoms with Gasteiger partial charge in [0.05, 0.1) is 4.92 Å². The Bertz CT molecular complexity index is 529. The summed E-state index contributed by atoms with van der Waals surface area (Å²) in [5.74, 6) is -0.313. The van der Waals surface area contributed by atoms with Crippen LogP contribution in [0.4, 0.5) is 11.4 Å². The molecular formula is C14H19N3O4. The topological polar surface area (TPSA) is 93.5 Å². The van der Waals surface area contributed by atoms with E-state index < -0.39 is 4.92 Å². The molecule has 0 unspecified atom stereocenters. The van der Waals surface area contributed by atoms with Crippen LogP contribution in [-0.4, -0.2) is 37.1 Å². The molecule has 0 aromatic heterocycles. The summed E-state index contributed by atoms with van der Waals surface area (Å²) in [4.78, 5) is 22.6. The van der Waals surface area contributed by atoms with Crippen LogP contribution in [0.3, 0.4) is 0 Å². The molecule has 1 aliphatic rings. The standard InChI is InChI=1S/C14H19N3O4/c1-21-8-2-7-15-14(18)10-3-6-12(16-11-4-5-11)13(9-10)17(19)20/h3,6,9,11,16H,2,4-5,7-8H2,1H3,(H,15,18). The van der Waals surface area contributed by atoms with E-state index in [9.17, 15) is 14.9 Å². The van der Waals surface area contributed by atoms with Crippen molar-refractivity contribution in [3.63, 3.8) is 0 Å². The Hall–Kier alpha value is -2.15. The van der Waals surface area contributed by atoms with E-state index in [4.69, 9.17) is 4.74 Å². The predicted octanol–water partition coefficient (Wildman–Crippen LogP) is 1.94. The monoisotopic (exact) mass is 293 g/mol. The first-order chi connectivity index (χ1) is 10.1. The molecule has 1 aliphatic carbocycles. The van der Waals surface area contributed by atoms with Crippen molar-refractivity contribution in [3.8, 4) is 0 Å². The molecule has 0 radical (unpaired) electrons. The Kier molecular flexibility index (Phi) is 5.10. The van der Waals surface area contributed by atoms with E-state index in [0.29, 0.717) is 36.9 Å². The SMILES string of the molecule is COCCCNC(=O)c1ccc(NC2CC2)c([N+](=O)[O-])c1. The fourth-order valence-electron chi connectivity index (χ4n) is 1.91. The predicted molar refractivity (Wildman–Crippen MR) is 78.6 cm³/mol. The van der Waals surface area contributed by atoms with Crippen molar-refractivity contribution >= 4 is 17.3 Å². The number of benzene rings is 1. The molecule has 1 aromatic carbocycles. The maximum atomic E-state index is 11.9. The summed E-state index contributed by atoms with van der Waals surface area (Å²) in [6.45, 7) is 1.03. The molecule has 7 nitrogen and oxygen atoms in total. The Labute approximate surface area is 122 Å². The van der Waals surface area contributed by atoms with Crippen LogP contribution in [-0.2, 0) is 4.74 Å². The van der Waals surface area contributed by atoms with E-state index in [1.54, 1.807) is 19.2 Å². The van der Waals surface area contributed by atoms with Gasteiger partial charge in [0, 0.05) is 37.9 Å². The fourth-order valence-corrected chi connectivity index (χ4v) is 1.91. The maximum absolute atomic E-state index is 11.9. The summed E-state index contributed by atoms with van der Waals surface area (Å²) in [6.07, 6.45) is 2.75. The molecule has 0 atom stereocenters. The summed E-state index contributed by atoms with van der Waals surface area (Å²) in [5, 5.41) is 16.9. The van der Waals surface area contributed by atoms with Crippen molar-refractivity contribution < 1.29 is 14.5 Å². The first-order valence-electron chi connectivity index (χ1n) is 6.94. The summed E-state index contributed by atoms with van der Waals surface area (Å²) >= 11 is 0. The lowest BCUT2D eigenvalue weighted by molar-refractivity contribution is -0.384. The van der Waals surface area contributed by atoms with Gasteiger partial charge in [-0.1, -0.05) is 0 Å².